The van der Waals surface area contributed by atoms with Crippen LogP contribution in [0.2, 0.25) is 15.2 Å². The Morgan fingerprint density at radius 2 is 1.61 bits per heavy atom. The van der Waals surface area contributed by atoms with Crippen LogP contribution in [0.1, 0.15) is 19.8 Å². The highest BCUT2D eigenvalue weighted by molar-refractivity contribution is 6.41. The molecule has 3 aromatic rings. The van der Waals surface area contributed by atoms with E-state index >= 15 is 0 Å². The molecule has 1 aromatic carbocycles. The predicted molar refractivity (Wildman–Crippen MR) is 125 cm³/mol. The molecular formula is C22H22Cl3N3O3. The Morgan fingerprint density at radius 3 is 2.19 bits per heavy atom. The van der Waals surface area contributed by atoms with Crippen LogP contribution in [0, 0.1) is 0 Å². The van der Waals surface area contributed by atoms with Gasteiger partial charge in [0.25, 0.3) is 0 Å². The molecule has 2 aromatic heterocycles. The minimum absolute atomic E-state index is 0.342. The summed E-state index contributed by atoms with van der Waals surface area (Å²) in [5, 5.41) is 13.2. The van der Waals surface area contributed by atoms with Crippen LogP contribution in [0.5, 0.6) is 11.5 Å². The van der Waals surface area contributed by atoms with Gasteiger partial charge in [-0.15, -0.1) is 0 Å². The highest BCUT2D eigenvalue weighted by atomic mass is 35.5. The SMILES string of the molecule is COc1cc(OC)c(Cl)c(-c2cc3cnc(Cl)cc3c(N3CCC(C)(O)CC3)n2)c1Cl. The van der Waals surface area contributed by atoms with E-state index in [-0.39, 0.29) is 0 Å². The van der Waals surface area contributed by atoms with Crippen molar-refractivity contribution in [1.82, 2.24) is 9.97 Å². The number of fused-ring (bicyclic) bond motifs is 1. The fourth-order valence-corrected chi connectivity index (χ4v) is 4.64. The van der Waals surface area contributed by atoms with Gasteiger partial charge in [-0.3, -0.25) is 0 Å². The van der Waals surface area contributed by atoms with Crippen molar-refractivity contribution in [3.05, 3.63) is 39.6 Å². The maximum Gasteiger partial charge on any atom is 0.141 e. The van der Waals surface area contributed by atoms with Crippen LogP contribution in [0.4, 0.5) is 5.82 Å². The maximum atomic E-state index is 10.4. The molecule has 1 N–H and O–H groups in total. The number of hydrogen-bond acceptors (Lipinski definition) is 6. The molecular weight excluding hydrogens is 461 g/mol. The normalized spacial score (nSPS) is 15.9. The van der Waals surface area contributed by atoms with Crippen molar-refractivity contribution in [2.24, 2.45) is 0 Å². The molecule has 164 valence electrons. The Balaban J connectivity index is 1.94. The molecule has 0 saturated carbocycles. The molecule has 1 saturated heterocycles. The molecule has 4 rings (SSSR count). The third-order valence-corrected chi connectivity index (χ3v) is 6.59. The fraction of sp³-hybridized carbons (Fsp3) is 0.364. The summed E-state index contributed by atoms with van der Waals surface area (Å²) >= 11 is 19.5. The third-order valence-electron chi connectivity index (χ3n) is 5.63. The van der Waals surface area contributed by atoms with Crippen molar-refractivity contribution in [2.45, 2.75) is 25.4 Å². The number of benzene rings is 1. The van der Waals surface area contributed by atoms with Crippen molar-refractivity contribution in [2.75, 3.05) is 32.2 Å². The number of halogens is 3. The number of anilines is 1. The van der Waals surface area contributed by atoms with E-state index in [2.05, 4.69) is 9.88 Å². The average molecular weight is 483 g/mol. The van der Waals surface area contributed by atoms with Crippen molar-refractivity contribution >= 4 is 51.4 Å². The highest BCUT2D eigenvalue weighted by Gasteiger charge is 2.29. The first-order chi connectivity index (χ1) is 14.7. The van der Waals surface area contributed by atoms with Crippen LogP contribution in [-0.2, 0) is 0 Å². The third kappa shape index (κ3) is 4.22. The lowest BCUT2D eigenvalue weighted by Gasteiger charge is -2.37. The van der Waals surface area contributed by atoms with Gasteiger partial charge in [0.2, 0.25) is 0 Å². The first-order valence-electron chi connectivity index (χ1n) is 9.78. The van der Waals surface area contributed by atoms with Gasteiger partial charge in [0, 0.05) is 41.7 Å². The van der Waals surface area contributed by atoms with E-state index in [0.29, 0.717) is 63.9 Å². The standard InChI is InChI=1S/C22H22Cl3N3O3/c1-22(29)4-6-28(7-5-22)21-13-9-17(23)26-11-12(13)8-14(27-21)18-19(24)15(30-2)10-16(31-3)20(18)25/h8-11,29H,4-7H2,1-3H3. The molecule has 9 heteroatoms. The molecule has 0 spiro atoms. The van der Waals surface area contributed by atoms with Gasteiger partial charge >= 0.3 is 0 Å². The summed E-state index contributed by atoms with van der Waals surface area (Å²) in [7, 11) is 3.06. The molecule has 0 bridgehead atoms. The number of aromatic nitrogens is 2. The van der Waals surface area contributed by atoms with Gasteiger partial charge in [-0.1, -0.05) is 34.8 Å². The largest absolute Gasteiger partial charge is 0.495 e. The van der Waals surface area contributed by atoms with Crippen molar-refractivity contribution < 1.29 is 14.6 Å². The van der Waals surface area contributed by atoms with Crippen LogP contribution in [0.3, 0.4) is 0 Å². The van der Waals surface area contributed by atoms with Crippen molar-refractivity contribution in [3.8, 4) is 22.8 Å². The smallest absolute Gasteiger partial charge is 0.141 e. The van der Waals surface area contributed by atoms with E-state index in [1.54, 1.807) is 18.3 Å². The van der Waals surface area contributed by atoms with Gasteiger partial charge < -0.3 is 19.5 Å². The number of aliphatic hydroxyl groups is 1. The molecule has 0 atom stereocenters. The number of nitrogens with zero attached hydrogens (tertiary/aromatic N) is 3. The summed E-state index contributed by atoms with van der Waals surface area (Å²) in [6.45, 7) is 3.16. The fourth-order valence-electron chi connectivity index (χ4n) is 3.78. The van der Waals surface area contributed by atoms with Gasteiger partial charge in [0.15, 0.2) is 0 Å². The molecule has 1 aliphatic heterocycles. The zero-order valence-corrected chi connectivity index (χ0v) is 19.6. The minimum atomic E-state index is -0.685. The quantitative estimate of drug-likeness (QED) is 0.486. The first-order valence-corrected chi connectivity index (χ1v) is 10.9. The summed E-state index contributed by atoms with van der Waals surface area (Å²) in [5.74, 6) is 1.61. The summed E-state index contributed by atoms with van der Waals surface area (Å²) in [4.78, 5) is 11.3. The Kier molecular flexibility index (Phi) is 6.10. The summed E-state index contributed by atoms with van der Waals surface area (Å²) in [6, 6.07) is 5.31. The molecule has 0 unspecified atom stereocenters. The van der Waals surface area contributed by atoms with Gasteiger partial charge in [-0.2, -0.15) is 0 Å². The second-order valence-electron chi connectivity index (χ2n) is 7.83. The van der Waals surface area contributed by atoms with Crippen LogP contribution in [-0.4, -0.2) is 48.0 Å². The second kappa shape index (κ2) is 8.51. The molecule has 31 heavy (non-hydrogen) atoms. The Bertz CT molecular complexity index is 1120. The lowest BCUT2D eigenvalue weighted by atomic mass is 9.93. The molecule has 0 aliphatic carbocycles. The van der Waals surface area contributed by atoms with Gasteiger partial charge in [-0.25, -0.2) is 9.97 Å². The van der Waals surface area contributed by atoms with E-state index in [4.69, 9.17) is 49.3 Å². The highest BCUT2D eigenvalue weighted by Crippen LogP contribution is 2.46. The van der Waals surface area contributed by atoms with E-state index in [0.717, 1.165) is 16.6 Å². The average Bonchev–Trinajstić information content (AvgIpc) is 2.74. The minimum Gasteiger partial charge on any atom is -0.495 e. The Morgan fingerprint density at radius 1 is 1.00 bits per heavy atom. The molecule has 1 aliphatic rings. The molecule has 0 radical (unpaired) electrons. The topological polar surface area (TPSA) is 67.7 Å². The van der Waals surface area contributed by atoms with Crippen LogP contribution in [0.15, 0.2) is 24.4 Å². The van der Waals surface area contributed by atoms with E-state index in [9.17, 15) is 5.11 Å². The van der Waals surface area contributed by atoms with Crippen LogP contribution >= 0.6 is 34.8 Å². The molecule has 3 heterocycles. The van der Waals surface area contributed by atoms with E-state index < -0.39 is 5.60 Å². The Labute approximate surface area is 195 Å². The Hall–Kier alpha value is -1.99. The van der Waals surface area contributed by atoms with Crippen molar-refractivity contribution in [3.63, 3.8) is 0 Å². The summed E-state index contributed by atoms with van der Waals surface area (Å²) in [6.07, 6.45) is 2.97. The number of piperidine rings is 1. The molecule has 6 nitrogen and oxygen atoms in total. The zero-order chi connectivity index (χ0) is 22.3. The van der Waals surface area contributed by atoms with E-state index in [1.807, 2.05) is 13.0 Å². The molecule has 0 amide bonds. The number of hydrogen-bond donors (Lipinski definition) is 1. The number of ether oxygens (including phenoxy) is 2. The van der Waals surface area contributed by atoms with Gasteiger partial charge in [-0.05, 0) is 31.9 Å². The monoisotopic (exact) mass is 481 g/mol. The maximum absolute atomic E-state index is 10.4. The van der Waals surface area contributed by atoms with Gasteiger partial charge in [0.1, 0.15) is 22.5 Å². The van der Waals surface area contributed by atoms with Gasteiger partial charge in [0.05, 0.1) is 35.6 Å². The second-order valence-corrected chi connectivity index (χ2v) is 8.97. The van der Waals surface area contributed by atoms with Crippen molar-refractivity contribution in [1.29, 1.82) is 0 Å². The van der Waals surface area contributed by atoms with Crippen LogP contribution < -0.4 is 14.4 Å². The predicted octanol–water partition coefficient (Wildman–Crippen LogP) is 5.63. The summed E-state index contributed by atoms with van der Waals surface area (Å²) in [5.41, 5.74) is 0.397. The lowest BCUT2D eigenvalue weighted by Crippen LogP contribution is -2.42. The zero-order valence-electron chi connectivity index (χ0n) is 17.4. The van der Waals surface area contributed by atoms with Crippen LogP contribution in [0.25, 0.3) is 22.0 Å². The number of rotatable bonds is 4. The van der Waals surface area contributed by atoms with E-state index in [1.165, 1.54) is 14.2 Å². The number of methoxy groups -OCH3 is 2. The lowest BCUT2D eigenvalue weighted by molar-refractivity contribution is 0.0350. The molecule has 1 fully saturated rings. The number of pyridine rings is 2. The first kappa shape index (κ1) is 22.2. The summed E-state index contributed by atoms with van der Waals surface area (Å²) < 4.78 is 10.8.